The highest BCUT2D eigenvalue weighted by Crippen LogP contribution is 2.10. The number of amides is 1. The smallest absolute Gasteiger partial charge is 0.221 e. The summed E-state index contributed by atoms with van der Waals surface area (Å²) in [5.74, 6) is 1.10. The highest BCUT2D eigenvalue weighted by Gasteiger charge is 2.15. The van der Waals surface area contributed by atoms with Crippen molar-refractivity contribution in [3.63, 3.8) is 0 Å². The van der Waals surface area contributed by atoms with Crippen molar-refractivity contribution in [3.05, 3.63) is 0 Å². The van der Waals surface area contributed by atoms with Gasteiger partial charge in [0.1, 0.15) is 0 Å². The second-order valence-electron chi connectivity index (χ2n) is 5.33. The Kier molecular flexibility index (Phi) is 7.39. The Labute approximate surface area is 100 Å². The van der Waals surface area contributed by atoms with Gasteiger partial charge in [-0.25, -0.2) is 0 Å². The van der Waals surface area contributed by atoms with Crippen LogP contribution in [0.4, 0.5) is 0 Å². The molecule has 0 aliphatic rings. The van der Waals surface area contributed by atoms with Gasteiger partial charge in [-0.1, -0.05) is 34.1 Å². The maximum Gasteiger partial charge on any atom is 0.221 e. The van der Waals surface area contributed by atoms with E-state index in [0.29, 0.717) is 18.3 Å². The monoisotopic (exact) mass is 228 g/mol. The van der Waals surface area contributed by atoms with Crippen LogP contribution in [0.5, 0.6) is 0 Å². The number of carbonyl (C=O) groups excluding carboxylic acids is 1. The minimum Gasteiger partial charge on any atom is -0.354 e. The third-order valence-corrected chi connectivity index (χ3v) is 3.14. The number of carbonyl (C=O) groups is 1. The van der Waals surface area contributed by atoms with Gasteiger partial charge in [-0.15, -0.1) is 0 Å². The summed E-state index contributed by atoms with van der Waals surface area (Å²) < 4.78 is 0. The molecule has 0 fully saturated rings. The average Bonchev–Trinajstić information content (AvgIpc) is 2.16. The van der Waals surface area contributed by atoms with Crippen molar-refractivity contribution in [2.24, 2.45) is 17.6 Å². The van der Waals surface area contributed by atoms with Crippen molar-refractivity contribution in [2.45, 2.75) is 66.0 Å². The van der Waals surface area contributed by atoms with E-state index in [-0.39, 0.29) is 18.0 Å². The molecule has 0 radical (unpaired) electrons. The molecule has 96 valence electrons. The molecule has 0 aromatic heterocycles. The molecular weight excluding hydrogens is 200 g/mol. The van der Waals surface area contributed by atoms with Crippen molar-refractivity contribution >= 4 is 5.91 Å². The van der Waals surface area contributed by atoms with Crippen LogP contribution in [0.2, 0.25) is 0 Å². The summed E-state index contributed by atoms with van der Waals surface area (Å²) in [6, 6.07) is 0.220. The molecule has 0 aliphatic heterocycles. The number of rotatable bonds is 7. The van der Waals surface area contributed by atoms with Gasteiger partial charge in [0.05, 0.1) is 0 Å². The third-order valence-electron chi connectivity index (χ3n) is 3.14. The van der Waals surface area contributed by atoms with Crippen molar-refractivity contribution in [3.8, 4) is 0 Å². The molecule has 0 heterocycles. The third kappa shape index (κ3) is 6.83. The molecule has 0 spiro atoms. The Balaban J connectivity index is 3.86. The molecule has 16 heavy (non-hydrogen) atoms. The molecule has 3 nitrogen and oxygen atoms in total. The highest BCUT2D eigenvalue weighted by molar-refractivity contribution is 5.76. The number of hydrogen-bond donors (Lipinski definition) is 2. The van der Waals surface area contributed by atoms with E-state index in [0.717, 1.165) is 12.8 Å². The predicted octanol–water partition coefficient (Wildman–Crippen LogP) is 2.30. The molecule has 0 aromatic rings. The second kappa shape index (κ2) is 7.66. The van der Waals surface area contributed by atoms with E-state index in [9.17, 15) is 4.79 Å². The van der Waals surface area contributed by atoms with Crippen LogP contribution in [0.25, 0.3) is 0 Å². The quantitative estimate of drug-likeness (QED) is 0.702. The summed E-state index contributed by atoms with van der Waals surface area (Å²) in [6.07, 6.45) is 2.63. The van der Waals surface area contributed by atoms with Crippen LogP contribution in [0, 0.1) is 11.8 Å². The SMILES string of the molecule is CCC(C)CC(C)NC(=O)CC(N)C(C)C. The number of nitrogens with two attached hydrogens (primary N) is 1. The standard InChI is InChI=1S/C13H28N2O/c1-6-10(4)7-11(5)15-13(16)8-12(14)9(2)3/h9-12H,6-8,14H2,1-5H3,(H,15,16). The first-order valence-electron chi connectivity index (χ1n) is 6.41. The summed E-state index contributed by atoms with van der Waals surface area (Å²) in [7, 11) is 0. The van der Waals surface area contributed by atoms with Crippen molar-refractivity contribution in [1.82, 2.24) is 5.32 Å². The Morgan fingerprint density at radius 2 is 1.81 bits per heavy atom. The fraction of sp³-hybridized carbons (Fsp3) is 0.923. The van der Waals surface area contributed by atoms with Gasteiger partial charge in [0.25, 0.3) is 0 Å². The van der Waals surface area contributed by atoms with E-state index in [4.69, 9.17) is 5.73 Å². The molecule has 0 saturated carbocycles. The lowest BCUT2D eigenvalue weighted by Crippen LogP contribution is -2.39. The van der Waals surface area contributed by atoms with Crippen LogP contribution in [0.1, 0.15) is 53.9 Å². The minimum atomic E-state index is -0.0317. The van der Waals surface area contributed by atoms with Gasteiger partial charge in [-0.3, -0.25) is 4.79 Å². The van der Waals surface area contributed by atoms with Gasteiger partial charge in [0.2, 0.25) is 5.91 Å². The van der Waals surface area contributed by atoms with Crippen molar-refractivity contribution in [1.29, 1.82) is 0 Å². The Morgan fingerprint density at radius 1 is 1.25 bits per heavy atom. The lowest BCUT2D eigenvalue weighted by atomic mass is 9.99. The summed E-state index contributed by atoms with van der Waals surface area (Å²) >= 11 is 0. The van der Waals surface area contributed by atoms with Gasteiger partial charge in [0.15, 0.2) is 0 Å². The number of nitrogens with one attached hydrogen (secondary N) is 1. The van der Waals surface area contributed by atoms with Gasteiger partial charge in [0, 0.05) is 18.5 Å². The maximum absolute atomic E-state index is 11.6. The van der Waals surface area contributed by atoms with Crippen LogP contribution < -0.4 is 11.1 Å². The van der Waals surface area contributed by atoms with E-state index in [1.54, 1.807) is 0 Å². The molecule has 0 aromatic carbocycles. The van der Waals surface area contributed by atoms with E-state index < -0.39 is 0 Å². The van der Waals surface area contributed by atoms with Crippen LogP contribution in [0.3, 0.4) is 0 Å². The van der Waals surface area contributed by atoms with Crippen LogP contribution in [0.15, 0.2) is 0 Å². The summed E-state index contributed by atoms with van der Waals surface area (Å²) in [5, 5.41) is 3.01. The van der Waals surface area contributed by atoms with Gasteiger partial charge >= 0.3 is 0 Å². The lowest BCUT2D eigenvalue weighted by molar-refractivity contribution is -0.122. The van der Waals surface area contributed by atoms with E-state index in [2.05, 4.69) is 26.1 Å². The molecule has 3 atom stereocenters. The first kappa shape index (κ1) is 15.4. The zero-order valence-corrected chi connectivity index (χ0v) is 11.4. The first-order valence-corrected chi connectivity index (χ1v) is 6.41. The van der Waals surface area contributed by atoms with Crippen LogP contribution in [-0.2, 0) is 4.79 Å². The van der Waals surface area contributed by atoms with Gasteiger partial charge in [-0.05, 0) is 25.2 Å². The molecule has 0 aliphatic carbocycles. The molecule has 3 unspecified atom stereocenters. The van der Waals surface area contributed by atoms with Crippen molar-refractivity contribution < 1.29 is 4.79 Å². The highest BCUT2D eigenvalue weighted by atomic mass is 16.1. The largest absolute Gasteiger partial charge is 0.354 e. The molecule has 0 rings (SSSR count). The normalized spacial score (nSPS) is 16.9. The topological polar surface area (TPSA) is 55.1 Å². The fourth-order valence-electron chi connectivity index (χ4n) is 1.61. The number of hydrogen-bond acceptors (Lipinski definition) is 2. The molecule has 3 N–H and O–H groups in total. The predicted molar refractivity (Wildman–Crippen MR) is 69.1 cm³/mol. The summed E-state index contributed by atoms with van der Waals surface area (Å²) in [5.41, 5.74) is 5.86. The summed E-state index contributed by atoms with van der Waals surface area (Å²) in [6.45, 7) is 10.5. The molecule has 1 amide bonds. The maximum atomic E-state index is 11.6. The minimum absolute atomic E-state index is 0.0317. The zero-order chi connectivity index (χ0) is 12.7. The Morgan fingerprint density at radius 3 is 2.25 bits per heavy atom. The molecule has 0 bridgehead atoms. The lowest BCUT2D eigenvalue weighted by Gasteiger charge is -2.20. The van der Waals surface area contributed by atoms with Gasteiger partial charge in [-0.2, -0.15) is 0 Å². The second-order valence-corrected chi connectivity index (χ2v) is 5.33. The van der Waals surface area contributed by atoms with E-state index in [1.165, 1.54) is 0 Å². The average molecular weight is 228 g/mol. The summed E-state index contributed by atoms with van der Waals surface area (Å²) in [4.78, 5) is 11.6. The fourth-order valence-corrected chi connectivity index (χ4v) is 1.61. The van der Waals surface area contributed by atoms with E-state index in [1.807, 2.05) is 13.8 Å². The molecular formula is C13H28N2O. The van der Waals surface area contributed by atoms with Crippen LogP contribution >= 0.6 is 0 Å². The molecule has 3 heteroatoms. The first-order chi connectivity index (χ1) is 7.36. The van der Waals surface area contributed by atoms with Crippen molar-refractivity contribution in [2.75, 3.05) is 0 Å². The Hall–Kier alpha value is -0.570. The Bertz CT molecular complexity index is 204. The zero-order valence-electron chi connectivity index (χ0n) is 11.4. The molecule has 0 saturated heterocycles. The van der Waals surface area contributed by atoms with E-state index >= 15 is 0 Å². The van der Waals surface area contributed by atoms with Gasteiger partial charge < -0.3 is 11.1 Å². The van der Waals surface area contributed by atoms with Crippen LogP contribution in [-0.4, -0.2) is 18.0 Å².